The molecule has 0 saturated heterocycles. The Kier molecular flexibility index (Phi) is 3.91. The van der Waals surface area contributed by atoms with Gasteiger partial charge in [-0.25, -0.2) is 9.50 Å². The van der Waals surface area contributed by atoms with Gasteiger partial charge in [-0.05, 0) is 46.4 Å². The number of halogens is 1. The first kappa shape index (κ1) is 16.7. The fourth-order valence-corrected chi connectivity index (χ4v) is 4.65. The minimum absolute atomic E-state index is 0.0110. The molecule has 1 amide bonds. The number of hydrogen-bond acceptors (Lipinski definition) is 4. The summed E-state index contributed by atoms with van der Waals surface area (Å²) in [5.41, 5.74) is 4.68. The third-order valence-corrected chi connectivity index (χ3v) is 6.15. The summed E-state index contributed by atoms with van der Waals surface area (Å²) in [6.45, 7) is 3.51. The Morgan fingerprint density at radius 1 is 1.30 bits per heavy atom. The maximum absolute atomic E-state index is 13.1. The molecule has 0 aliphatic carbocycles. The predicted octanol–water partition coefficient (Wildman–Crippen LogP) is 4.24. The fraction of sp³-hybridized carbons (Fsp3) is 0.211. The van der Waals surface area contributed by atoms with Gasteiger partial charge in [-0.2, -0.15) is 16.4 Å². The monoisotopic (exact) mass is 441 g/mol. The number of aromatic nitrogens is 4. The second kappa shape index (κ2) is 6.31. The lowest BCUT2D eigenvalue weighted by Gasteiger charge is -2.35. The summed E-state index contributed by atoms with van der Waals surface area (Å²) in [6.07, 6.45) is 3.50. The smallest absolute Gasteiger partial charge is 0.275 e. The van der Waals surface area contributed by atoms with Crippen LogP contribution in [0.2, 0.25) is 0 Å². The van der Waals surface area contributed by atoms with Crippen molar-refractivity contribution < 1.29 is 4.79 Å². The molecule has 27 heavy (non-hydrogen) atoms. The molecule has 1 unspecified atom stereocenters. The van der Waals surface area contributed by atoms with E-state index in [1.807, 2.05) is 4.90 Å². The van der Waals surface area contributed by atoms with Gasteiger partial charge in [-0.3, -0.25) is 4.79 Å². The highest BCUT2D eigenvalue weighted by atomic mass is 79.9. The molecule has 0 radical (unpaired) electrons. The Morgan fingerprint density at radius 2 is 2.19 bits per heavy atom. The third-order valence-electron chi connectivity index (χ3n) is 5.05. The molecule has 0 fully saturated rings. The molecule has 1 aliphatic heterocycles. The molecule has 0 spiro atoms. The largest absolute Gasteiger partial charge is 0.341 e. The second-order valence-electron chi connectivity index (χ2n) is 6.59. The molecular weight excluding hydrogens is 426 g/mol. The zero-order valence-corrected chi connectivity index (χ0v) is 16.9. The van der Waals surface area contributed by atoms with E-state index >= 15 is 0 Å². The van der Waals surface area contributed by atoms with E-state index in [9.17, 15) is 4.79 Å². The highest BCUT2D eigenvalue weighted by molar-refractivity contribution is 9.10. The van der Waals surface area contributed by atoms with E-state index in [4.69, 9.17) is 0 Å². The first-order chi connectivity index (χ1) is 13.1. The van der Waals surface area contributed by atoms with Crippen LogP contribution in [-0.4, -0.2) is 36.5 Å². The minimum atomic E-state index is -0.0614. The zero-order chi connectivity index (χ0) is 18.5. The molecule has 6 nitrogen and oxygen atoms in total. The molecule has 4 aromatic heterocycles. The first-order valence-electron chi connectivity index (χ1n) is 8.66. The molecule has 1 aliphatic rings. The van der Waals surface area contributed by atoms with Crippen molar-refractivity contribution in [3.8, 4) is 11.3 Å². The van der Waals surface area contributed by atoms with Gasteiger partial charge in [0, 0.05) is 53.9 Å². The van der Waals surface area contributed by atoms with Gasteiger partial charge in [0.05, 0.1) is 10.5 Å². The van der Waals surface area contributed by atoms with Crippen LogP contribution in [0.1, 0.15) is 29.1 Å². The lowest BCUT2D eigenvalue weighted by atomic mass is 10.1. The maximum Gasteiger partial charge on any atom is 0.275 e. The Hall–Kier alpha value is -2.45. The fourth-order valence-electron chi connectivity index (χ4n) is 3.70. The van der Waals surface area contributed by atoms with Crippen molar-refractivity contribution in [2.45, 2.75) is 19.5 Å². The van der Waals surface area contributed by atoms with Gasteiger partial charge in [0.2, 0.25) is 0 Å². The quantitative estimate of drug-likeness (QED) is 0.467. The van der Waals surface area contributed by atoms with E-state index in [0.717, 1.165) is 16.7 Å². The van der Waals surface area contributed by atoms with Gasteiger partial charge in [-0.15, -0.1) is 0 Å². The van der Waals surface area contributed by atoms with Crippen molar-refractivity contribution in [3.05, 3.63) is 63.3 Å². The molecule has 4 aromatic rings. The molecule has 0 saturated carbocycles. The summed E-state index contributed by atoms with van der Waals surface area (Å²) in [7, 11) is 0. The van der Waals surface area contributed by atoms with Crippen LogP contribution in [0.5, 0.6) is 0 Å². The Morgan fingerprint density at radius 3 is 3.00 bits per heavy atom. The van der Waals surface area contributed by atoms with Crippen LogP contribution < -0.4 is 0 Å². The molecule has 0 bridgehead atoms. The van der Waals surface area contributed by atoms with Gasteiger partial charge >= 0.3 is 0 Å². The van der Waals surface area contributed by atoms with Crippen LogP contribution in [0.4, 0.5) is 0 Å². The first-order valence-corrected chi connectivity index (χ1v) is 10.4. The average molecular weight is 442 g/mol. The second-order valence-corrected chi connectivity index (χ2v) is 8.28. The van der Waals surface area contributed by atoms with Crippen LogP contribution in [-0.2, 0) is 6.54 Å². The van der Waals surface area contributed by atoms with Crippen molar-refractivity contribution in [2.75, 3.05) is 6.54 Å². The molecule has 8 heteroatoms. The van der Waals surface area contributed by atoms with Gasteiger partial charge in [0.1, 0.15) is 0 Å². The average Bonchev–Trinajstić information content (AvgIpc) is 3.39. The lowest BCUT2D eigenvalue weighted by molar-refractivity contribution is 0.0638. The van der Waals surface area contributed by atoms with Gasteiger partial charge in [0.25, 0.3) is 5.91 Å². The van der Waals surface area contributed by atoms with Crippen molar-refractivity contribution in [3.63, 3.8) is 0 Å². The van der Waals surface area contributed by atoms with E-state index in [1.54, 1.807) is 34.3 Å². The van der Waals surface area contributed by atoms with Crippen molar-refractivity contribution in [2.24, 2.45) is 0 Å². The standard InChI is InChI=1S/C19H16BrN5OS/c1-12-16-2-3-17(13-4-7-27-11-13)24(16)6-5-23(12)19(26)15-8-18-21-9-14(20)10-25(18)22-15/h2-4,7-12H,5-6H2,1H3. The summed E-state index contributed by atoms with van der Waals surface area (Å²) < 4.78 is 4.77. The van der Waals surface area contributed by atoms with Crippen LogP contribution in [0.15, 0.2) is 51.9 Å². The Balaban J connectivity index is 1.47. The summed E-state index contributed by atoms with van der Waals surface area (Å²) >= 11 is 5.08. The summed E-state index contributed by atoms with van der Waals surface area (Å²) in [6, 6.07) is 8.14. The predicted molar refractivity (Wildman–Crippen MR) is 108 cm³/mol. The molecule has 0 aromatic carbocycles. The highest BCUT2D eigenvalue weighted by Crippen LogP contribution is 2.33. The van der Waals surface area contributed by atoms with Crippen LogP contribution in [0.25, 0.3) is 16.9 Å². The number of amides is 1. The van der Waals surface area contributed by atoms with Crippen LogP contribution >= 0.6 is 27.3 Å². The molecule has 1 atom stereocenters. The third kappa shape index (κ3) is 2.71. The number of hydrogen-bond donors (Lipinski definition) is 0. The van der Waals surface area contributed by atoms with Crippen LogP contribution in [0.3, 0.4) is 0 Å². The number of rotatable bonds is 2. The summed E-state index contributed by atoms with van der Waals surface area (Å²) in [4.78, 5) is 19.3. The number of thiophene rings is 1. The van der Waals surface area contributed by atoms with E-state index in [1.165, 1.54) is 11.3 Å². The van der Waals surface area contributed by atoms with Crippen molar-refractivity contribution in [1.82, 2.24) is 24.1 Å². The van der Waals surface area contributed by atoms with E-state index in [0.29, 0.717) is 17.9 Å². The Bertz CT molecular complexity index is 1150. The summed E-state index contributed by atoms with van der Waals surface area (Å²) in [5.74, 6) is -0.0614. The van der Waals surface area contributed by atoms with E-state index in [-0.39, 0.29) is 11.9 Å². The maximum atomic E-state index is 13.1. The number of fused-ring (bicyclic) bond motifs is 2. The van der Waals surface area contributed by atoms with Gasteiger partial charge < -0.3 is 9.47 Å². The van der Waals surface area contributed by atoms with Crippen molar-refractivity contribution in [1.29, 1.82) is 0 Å². The van der Waals surface area contributed by atoms with E-state index in [2.05, 4.69) is 66.5 Å². The zero-order valence-electron chi connectivity index (χ0n) is 14.5. The SMILES string of the molecule is CC1c2ccc(-c3ccsc3)n2CCN1C(=O)c1cc2ncc(Br)cn2n1. The molecule has 5 rings (SSSR count). The number of carbonyl (C=O) groups is 1. The normalized spacial score (nSPS) is 16.7. The summed E-state index contributed by atoms with van der Waals surface area (Å²) in [5, 5.41) is 8.66. The number of nitrogens with zero attached hydrogens (tertiary/aromatic N) is 5. The topological polar surface area (TPSA) is 55.4 Å². The van der Waals surface area contributed by atoms with Gasteiger partial charge in [0.15, 0.2) is 11.3 Å². The molecule has 0 N–H and O–H groups in total. The molecule has 136 valence electrons. The van der Waals surface area contributed by atoms with Crippen molar-refractivity contribution >= 4 is 38.8 Å². The van der Waals surface area contributed by atoms with Gasteiger partial charge in [-0.1, -0.05) is 0 Å². The highest BCUT2D eigenvalue weighted by Gasteiger charge is 2.31. The number of carbonyl (C=O) groups excluding carboxylic acids is 1. The van der Waals surface area contributed by atoms with Crippen LogP contribution in [0, 0.1) is 0 Å². The van der Waals surface area contributed by atoms with E-state index < -0.39 is 0 Å². The molecule has 5 heterocycles. The lowest BCUT2D eigenvalue weighted by Crippen LogP contribution is -2.41. The Labute approximate surface area is 168 Å². The molecular formula is C19H16BrN5OS. The minimum Gasteiger partial charge on any atom is -0.341 e.